The van der Waals surface area contributed by atoms with Gasteiger partial charge in [-0.3, -0.25) is 5.43 Å². The lowest BCUT2D eigenvalue weighted by molar-refractivity contribution is 0.0497. The molecule has 6 heteroatoms. The van der Waals surface area contributed by atoms with Gasteiger partial charge in [-0.2, -0.15) is 0 Å². The zero-order valence-electron chi connectivity index (χ0n) is 10.5. The first-order valence-electron chi connectivity index (χ1n) is 5.43. The molecule has 1 aromatic carbocycles. The van der Waals surface area contributed by atoms with Crippen molar-refractivity contribution in [2.75, 3.05) is 0 Å². The zero-order valence-corrected chi connectivity index (χ0v) is 12.1. The van der Waals surface area contributed by atoms with Gasteiger partial charge < -0.3 is 4.74 Å². The number of carbonyl (C=O) groups is 1. The summed E-state index contributed by atoms with van der Waals surface area (Å²) < 4.78 is 18.7. The molecule has 0 heterocycles. The molecule has 4 nitrogen and oxygen atoms in total. The van der Waals surface area contributed by atoms with E-state index < -0.39 is 11.7 Å². The number of rotatable bonds is 3. The molecular weight excluding hydrogens is 303 g/mol. The molecule has 18 heavy (non-hydrogen) atoms. The summed E-state index contributed by atoms with van der Waals surface area (Å²) in [7, 11) is 0. The Balaban J connectivity index is 2.40. The quantitative estimate of drug-likeness (QED) is 0.842. The predicted octanol–water partition coefficient (Wildman–Crippen LogP) is 3.12. The third-order valence-electron chi connectivity index (χ3n) is 1.80. The van der Waals surface area contributed by atoms with Crippen molar-refractivity contribution in [3.63, 3.8) is 0 Å². The highest BCUT2D eigenvalue weighted by molar-refractivity contribution is 9.10. The molecule has 0 aliphatic rings. The minimum absolute atomic E-state index is 0.301. The van der Waals surface area contributed by atoms with Crippen LogP contribution < -0.4 is 10.9 Å². The third kappa shape index (κ3) is 5.97. The molecule has 0 bridgehead atoms. The molecule has 2 N–H and O–H groups in total. The lowest BCUT2D eigenvalue weighted by Crippen LogP contribution is -2.40. The van der Waals surface area contributed by atoms with Crippen LogP contribution in [0.25, 0.3) is 0 Å². The minimum atomic E-state index is -0.571. The van der Waals surface area contributed by atoms with Crippen molar-refractivity contribution >= 4 is 22.0 Å². The lowest BCUT2D eigenvalue weighted by Gasteiger charge is -2.19. The number of hydrogen-bond donors (Lipinski definition) is 2. The van der Waals surface area contributed by atoms with Gasteiger partial charge in [-0.1, -0.05) is 15.9 Å². The highest BCUT2D eigenvalue weighted by Crippen LogP contribution is 2.14. The fourth-order valence-corrected chi connectivity index (χ4v) is 1.75. The zero-order chi connectivity index (χ0) is 13.8. The number of nitrogens with one attached hydrogen (secondary N) is 2. The van der Waals surface area contributed by atoms with Gasteiger partial charge in [0.15, 0.2) is 0 Å². The molecule has 0 spiro atoms. The summed E-state index contributed by atoms with van der Waals surface area (Å²) in [6.45, 7) is 5.62. The normalized spacial score (nSPS) is 11.2. The van der Waals surface area contributed by atoms with Crippen molar-refractivity contribution in [3.05, 3.63) is 34.1 Å². The average molecular weight is 319 g/mol. The summed E-state index contributed by atoms with van der Waals surface area (Å²) in [6.07, 6.45) is -0.571. The Morgan fingerprint density at radius 3 is 2.61 bits per heavy atom. The summed E-state index contributed by atoms with van der Waals surface area (Å²) in [5.74, 6) is -0.335. The molecule has 1 rings (SSSR count). The van der Waals surface area contributed by atoms with Gasteiger partial charge in [0.2, 0.25) is 0 Å². The number of benzene rings is 1. The Labute approximate surface area is 114 Å². The van der Waals surface area contributed by atoms with Gasteiger partial charge in [-0.05, 0) is 44.5 Å². The second-order valence-corrected chi connectivity index (χ2v) is 5.67. The topological polar surface area (TPSA) is 50.4 Å². The van der Waals surface area contributed by atoms with Crippen LogP contribution >= 0.6 is 15.9 Å². The van der Waals surface area contributed by atoms with Crippen molar-refractivity contribution < 1.29 is 13.9 Å². The number of hydrazine groups is 1. The van der Waals surface area contributed by atoms with Crippen LogP contribution in [0.2, 0.25) is 0 Å². The number of hydrogen-bond acceptors (Lipinski definition) is 3. The smallest absolute Gasteiger partial charge is 0.422 e. The maximum atomic E-state index is 13.1. The Bertz CT molecular complexity index is 412. The van der Waals surface area contributed by atoms with Crippen molar-refractivity contribution in [3.8, 4) is 0 Å². The lowest BCUT2D eigenvalue weighted by atomic mass is 10.2. The van der Waals surface area contributed by atoms with E-state index in [9.17, 15) is 9.18 Å². The maximum absolute atomic E-state index is 13.1. The number of ether oxygens (including phenoxy) is 1. The highest BCUT2D eigenvalue weighted by atomic mass is 79.9. The standard InChI is InChI=1S/C12H16BrFN2O2/c1-12(2,3)18-11(17)16-15-7-8-4-9(13)6-10(14)5-8/h4-6,15H,7H2,1-3H3,(H,16,17). The van der Waals surface area contributed by atoms with Gasteiger partial charge in [0.25, 0.3) is 0 Å². The Kier molecular flexibility index (Phi) is 5.10. The van der Waals surface area contributed by atoms with Crippen LogP contribution in [-0.2, 0) is 11.3 Å². The summed E-state index contributed by atoms with van der Waals surface area (Å²) in [4.78, 5) is 11.3. The van der Waals surface area contributed by atoms with Crippen LogP contribution in [0.1, 0.15) is 26.3 Å². The Hall–Kier alpha value is -1.14. The van der Waals surface area contributed by atoms with E-state index in [1.165, 1.54) is 12.1 Å². The molecule has 0 aliphatic carbocycles. The second-order valence-electron chi connectivity index (χ2n) is 4.76. The van der Waals surface area contributed by atoms with E-state index in [0.717, 1.165) is 0 Å². The molecule has 0 fully saturated rings. The second kappa shape index (κ2) is 6.15. The van der Waals surface area contributed by atoms with Crippen LogP contribution in [0.4, 0.5) is 9.18 Å². The summed E-state index contributed by atoms with van der Waals surface area (Å²) in [5, 5.41) is 0. The first-order chi connectivity index (χ1) is 8.26. The maximum Gasteiger partial charge on any atom is 0.422 e. The van der Waals surface area contributed by atoms with Gasteiger partial charge in [-0.25, -0.2) is 14.6 Å². The van der Waals surface area contributed by atoms with E-state index in [0.29, 0.717) is 16.6 Å². The SMILES string of the molecule is CC(C)(C)OC(=O)NNCc1cc(F)cc(Br)c1. The van der Waals surface area contributed by atoms with Crippen LogP contribution in [-0.4, -0.2) is 11.7 Å². The van der Waals surface area contributed by atoms with E-state index in [2.05, 4.69) is 26.8 Å². The molecule has 0 radical (unpaired) electrons. The van der Waals surface area contributed by atoms with E-state index in [4.69, 9.17) is 4.74 Å². The van der Waals surface area contributed by atoms with Gasteiger partial charge in [0.05, 0.1) is 0 Å². The van der Waals surface area contributed by atoms with E-state index in [-0.39, 0.29) is 5.82 Å². The van der Waals surface area contributed by atoms with E-state index in [1.54, 1.807) is 26.8 Å². The predicted molar refractivity (Wildman–Crippen MR) is 70.3 cm³/mol. The van der Waals surface area contributed by atoms with Crippen LogP contribution in [0.3, 0.4) is 0 Å². The molecule has 1 amide bonds. The fourth-order valence-electron chi connectivity index (χ4n) is 1.24. The van der Waals surface area contributed by atoms with Gasteiger partial charge in [0.1, 0.15) is 11.4 Å². The summed E-state index contributed by atoms with van der Waals surface area (Å²) >= 11 is 3.19. The van der Waals surface area contributed by atoms with Crippen molar-refractivity contribution in [2.45, 2.75) is 32.9 Å². The summed E-state index contributed by atoms with van der Waals surface area (Å²) in [5.41, 5.74) is 5.20. The first-order valence-corrected chi connectivity index (χ1v) is 6.22. The number of amides is 1. The molecule has 0 aromatic heterocycles. The first kappa shape index (κ1) is 14.9. The molecule has 100 valence electrons. The van der Waals surface area contributed by atoms with Crippen molar-refractivity contribution in [1.82, 2.24) is 10.9 Å². The Morgan fingerprint density at radius 2 is 2.06 bits per heavy atom. The molecule has 0 unspecified atom stereocenters. The Morgan fingerprint density at radius 1 is 1.39 bits per heavy atom. The molecule has 1 aromatic rings. The number of carbonyl (C=O) groups excluding carboxylic acids is 1. The third-order valence-corrected chi connectivity index (χ3v) is 2.26. The van der Waals surface area contributed by atoms with Gasteiger partial charge >= 0.3 is 6.09 Å². The average Bonchev–Trinajstić information content (AvgIpc) is 2.12. The van der Waals surface area contributed by atoms with Crippen molar-refractivity contribution in [2.24, 2.45) is 0 Å². The van der Waals surface area contributed by atoms with E-state index in [1.807, 2.05) is 0 Å². The largest absolute Gasteiger partial charge is 0.443 e. The number of halogens is 2. The minimum Gasteiger partial charge on any atom is -0.443 e. The molecule has 0 atom stereocenters. The van der Waals surface area contributed by atoms with Crippen LogP contribution in [0, 0.1) is 5.82 Å². The van der Waals surface area contributed by atoms with Gasteiger partial charge in [-0.15, -0.1) is 0 Å². The monoisotopic (exact) mass is 318 g/mol. The molecule has 0 saturated carbocycles. The van der Waals surface area contributed by atoms with Crippen LogP contribution in [0.5, 0.6) is 0 Å². The van der Waals surface area contributed by atoms with Crippen LogP contribution in [0.15, 0.2) is 22.7 Å². The molecule has 0 saturated heterocycles. The summed E-state index contributed by atoms with van der Waals surface area (Å²) in [6, 6.07) is 4.51. The van der Waals surface area contributed by atoms with E-state index >= 15 is 0 Å². The molecular formula is C12H16BrFN2O2. The van der Waals surface area contributed by atoms with Gasteiger partial charge in [0, 0.05) is 11.0 Å². The fraction of sp³-hybridized carbons (Fsp3) is 0.417. The van der Waals surface area contributed by atoms with Crippen molar-refractivity contribution in [1.29, 1.82) is 0 Å². The molecule has 0 aliphatic heterocycles. The highest BCUT2D eigenvalue weighted by Gasteiger charge is 2.15.